The quantitative estimate of drug-likeness (QED) is 0.695. The first-order valence-electron chi connectivity index (χ1n) is 4.12. The third-order valence-electron chi connectivity index (χ3n) is 2.01. The highest BCUT2D eigenvalue weighted by atomic mass is 16.3. The molecule has 0 aromatic heterocycles. The summed E-state index contributed by atoms with van der Waals surface area (Å²) in [6.45, 7) is 3.78. The molecule has 3 N–H and O–H groups in total. The Morgan fingerprint density at radius 2 is 1.92 bits per heavy atom. The van der Waals surface area contributed by atoms with Gasteiger partial charge in [0.15, 0.2) is 0 Å². The predicted molar refractivity (Wildman–Crippen MR) is 49.8 cm³/mol. The highest BCUT2D eigenvalue weighted by Crippen LogP contribution is 2.18. The van der Waals surface area contributed by atoms with Crippen LogP contribution in [-0.4, -0.2) is 11.1 Å². The molecule has 0 saturated carbocycles. The van der Waals surface area contributed by atoms with Crippen LogP contribution in [0.2, 0.25) is 0 Å². The Balaban J connectivity index is 2.94. The maximum Gasteiger partial charge on any atom is 0.0940 e. The highest BCUT2D eigenvalue weighted by Gasteiger charge is 2.13. The fraction of sp³-hybridized carbons (Fsp3) is 0.400. The van der Waals surface area contributed by atoms with Gasteiger partial charge in [0, 0.05) is 6.04 Å². The highest BCUT2D eigenvalue weighted by molar-refractivity contribution is 5.28. The molecule has 1 aromatic carbocycles. The van der Waals surface area contributed by atoms with Crippen LogP contribution < -0.4 is 5.73 Å². The number of benzene rings is 1. The second-order valence-corrected chi connectivity index (χ2v) is 3.16. The molecule has 0 amide bonds. The van der Waals surface area contributed by atoms with Gasteiger partial charge in [-0.15, -0.1) is 0 Å². The summed E-state index contributed by atoms with van der Waals surface area (Å²) in [6.07, 6.45) is -0.550. The first-order valence-corrected chi connectivity index (χ1v) is 4.12. The molecule has 1 aromatic rings. The van der Waals surface area contributed by atoms with E-state index in [2.05, 4.69) is 0 Å². The molecular formula is C10H15NO. The van der Waals surface area contributed by atoms with E-state index in [0.29, 0.717) is 0 Å². The van der Waals surface area contributed by atoms with E-state index in [4.69, 9.17) is 5.73 Å². The first-order chi connectivity index (χ1) is 5.63. The third-order valence-corrected chi connectivity index (χ3v) is 2.01. The number of nitrogens with two attached hydrogens (primary N) is 1. The van der Waals surface area contributed by atoms with Gasteiger partial charge < -0.3 is 10.8 Å². The van der Waals surface area contributed by atoms with Crippen LogP contribution in [-0.2, 0) is 0 Å². The van der Waals surface area contributed by atoms with E-state index in [1.807, 2.05) is 31.2 Å². The molecular weight excluding hydrogens is 150 g/mol. The summed E-state index contributed by atoms with van der Waals surface area (Å²) in [5, 5.41) is 9.65. The fourth-order valence-corrected chi connectivity index (χ4v) is 1.20. The Morgan fingerprint density at radius 3 is 2.42 bits per heavy atom. The zero-order chi connectivity index (χ0) is 9.14. The minimum absolute atomic E-state index is 0.217. The van der Waals surface area contributed by atoms with Gasteiger partial charge in [0.05, 0.1) is 6.10 Å². The standard InChI is InChI=1S/C10H15NO/c1-7-5-3-4-6-9(7)10(12)8(2)11/h3-6,8,10,12H,11H2,1-2H3. The summed E-state index contributed by atoms with van der Waals surface area (Å²) in [5.74, 6) is 0. The van der Waals surface area contributed by atoms with E-state index in [1.165, 1.54) is 0 Å². The van der Waals surface area contributed by atoms with Crippen LogP contribution in [0.25, 0.3) is 0 Å². The second kappa shape index (κ2) is 3.70. The zero-order valence-corrected chi connectivity index (χ0v) is 7.49. The van der Waals surface area contributed by atoms with Crippen molar-refractivity contribution < 1.29 is 5.11 Å². The third kappa shape index (κ3) is 1.84. The van der Waals surface area contributed by atoms with Gasteiger partial charge in [0.1, 0.15) is 0 Å². The average Bonchev–Trinajstić information content (AvgIpc) is 2.04. The monoisotopic (exact) mass is 165 g/mol. The molecule has 2 atom stereocenters. The Morgan fingerprint density at radius 1 is 1.33 bits per heavy atom. The van der Waals surface area contributed by atoms with Crippen LogP contribution in [0.1, 0.15) is 24.2 Å². The molecule has 0 saturated heterocycles. The lowest BCUT2D eigenvalue weighted by molar-refractivity contribution is 0.152. The van der Waals surface area contributed by atoms with E-state index in [0.717, 1.165) is 11.1 Å². The van der Waals surface area contributed by atoms with Crippen molar-refractivity contribution in [1.29, 1.82) is 0 Å². The molecule has 2 nitrogen and oxygen atoms in total. The van der Waals surface area contributed by atoms with Crippen molar-refractivity contribution >= 4 is 0 Å². The summed E-state index contributed by atoms with van der Waals surface area (Å²) >= 11 is 0. The lowest BCUT2D eigenvalue weighted by atomic mass is 9.99. The smallest absolute Gasteiger partial charge is 0.0940 e. The molecule has 0 heterocycles. The largest absolute Gasteiger partial charge is 0.387 e. The van der Waals surface area contributed by atoms with Crippen LogP contribution in [0.5, 0.6) is 0 Å². The maximum atomic E-state index is 9.65. The minimum atomic E-state index is -0.550. The lowest BCUT2D eigenvalue weighted by Gasteiger charge is -2.16. The fourth-order valence-electron chi connectivity index (χ4n) is 1.20. The Kier molecular flexibility index (Phi) is 2.84. The molecule has 0 bridgehead atoms. The summed E-state index contributed by atoms with van der Waals surface area (Å²) < 4.78 is 0. The number of hydrogen-bond donors (Lipinski definition) is 2. The molecule has 0 aliphatic carbocycles. The van der Waals surface area contributed by atoms with Gasteiger partial charge in [0.25, 0.3) is 0 Å². The van der Waals surface area contributed by atoms with E-state index < -0.39 is 6.10 Å². The Bertz CT molecular complexity index is 258. The average molecular weight is 165 g/mol. The van der Waals surface area contributed by atoms with Gasteiger partial charge in [-0.3, -0.25) is 0 Å². The van der Waals surface area contributed by atoms with Gasteiger partial charge in [-0.05, 0) is 25.0 Å². The number of rotatable bonds is 2. The zero-order valence-electron chi connectivity index (χ0n) is 7.49. The van der Waals surface area contributed by atoms with Crippen molar-refractivity contribution in [2.75, 3.05) is 0 Å². The SMILES string of the molecule is Cc1ccccc1C(O)C(C)N. The van der Waals surface area contributed by atoms with Crippen LogP contribution >= 0.6 is 0 Å². The minimum Gasteiger partial charge on any atom is -0.387 e. The molecule has 12 heavy (non-hydrogen) atoms. The summed E-state index contributed by atoms with van der Waals surface area (Å²) in [7, 11) is 0. The maximum absolute atomic E-state index is 9.65. The van der Waals surface area contributed by atoms with Crippen LogP contribution in [0, 0.1) is 6.92 Å². The molecule has 0 radical (unpaired) electrons. The molecule has 2 heteroatoms. The van der Waals surface area contributed by atoms with Crippen LogP contribution in [0.3, 0.4) is 0 Å². The first kappa shape index (κ1) is 9.23. The normalized spacial score (nSPS) is 15.7. The molecule has 0 fully saturated rings. The summed E-state index contributed by atoms with van der Waals surface area (Å²) in [5.41, 5.74) is 7.60. The Hall–Kier alpha value is -0.860. The van der Waals surface area contributed by atoms with Crippen molar-refractivity contribution in [3.8, 4) is 0 Å². The topological polar surface area (TPSA) is 46.2 Å². The van der Waals surface area contributed by atoms with E-state index in [9.17, 15) is 5.11 Å². The van der Waals surface area contributed by atoms with Crippen molar-refractivity contribution in [2.45, 2.75) is 26.0 Å². The Labute approximate surface area is 73.0 Å². The van der Waals surface area contributed by atoms with Crippen molar-refractivity contribution in [2.24, 2.45) is 5.73 Å². The van der Waals surface area contributed by atoms with Crippen molar-refractivity contribution in [1.82, 2.24) is 0 Å². The number of aliphatic hydroxyl groups excluding tert-OH is 1. The van der Waals surface area contributed by atoms with Crippen molar-refractivity contribution in [3.05, 3.63) is 35.4 Å². The number of aryl methyl sites for hydroxylation is 1. The molecule has 0 aliphatic rings. The van der Waals surface area contributed by atoms with E-state index in [1.54, 1.807) is 6.92 Å². The number of aliphatic hydroxyl groups is 1. The van der Waals surface area contributed by atoms with E-state index in [-0.39, 0.29) is 6.04 Å². The predicted octanol–water partition coefficient (Wildman–Crippen LogP) is 1.38. The molecule has 0 aliphatic heterocycles. The van der Waals surface area contributed by atoms with Crippen molar-refractivity contribution in [3.63, 3.8) is 0 Å². The molecule has 2 unspecified atom stereocenters. The van der Waals surface area contributed by atoms with Gasteiger partial charge >= 0.3 is 0 Å². The number of hydrogen-bond acceptors (Lipinski definition) is 2. The molecule has 66 valence electrons. The molecule has 0 spiro atoms. The van der Waals surface area contributed by atoms with Gasteiger partial charge in [-0.1, -0.05) is 24.3 Å². The van der Waals surface area contributed by atoms with E-state index >= 15 is 0 Å². The summed E-state index contributed by atoms with van der Waals surface area (Å²) in [4.78, 5) is 0. The lowest BCUT2D eigenvalue weighted by Crippen LogP contribution is -2.24. The van der Waals surface area contributed by atoms with Gasteiger partial charge in [-0.25, -0.2) is 0 Å². The van der Waals surface area contributed by atoms with Crippen LogP contribution in [0.4, 0.5) is 0 Å². The summed E-state index contributed by atoms with van der Waals surface area (Å²) in [6, 6.07) is 7.52. The molecule has 1 rings (SSSR count). The second-order valence-electron chi connectivity index (χ2n) is 3.16. The van der Waals surface area contributed by atoms with Gasteiger partial charge in [-0.2, -0.15) is 0 Å². The van der Waals surface area contributed by atoms with Crippen LogP contribution in [0.15, 0.2) is 24.3 Å². The van der Waals surface area contributed by atoms with Gasteiger partial charge in [0.2, 0.25) is 0 Å².